The molecule has 0 aliphatic heterocycles. The summed E-state index contributed by atoms with van der Waals surface area (Å²) in [5, 5.41) is 0. The van der Waals surface area contributed by atoms with E-state index in [4.69, 9.17) is 10.3 Å². The lowest BCUT2D eigenvalue weighted by atomic mass is 10.2. The van der Waals surface area contributed by atoms with Crippen molar-refractivity contribution >= 4 is 0 Å². The van der Waals surface area contributed by atoms with Gasteiger partial charge in [0.25, 0.3) is 0 Å². The van der Waals surface area contributed by atoms with E-state index in [2.05, 4.69) is 4.84 Å². The first-order valence-electron chi connectivity index (χ1n) is 4.27. The molecule has 1 heterocycles. The van der Waals surface area contributed by atoms with Crippen LogP contribution < -0.4 is 5.90 Å². The molecule has 3 heteroatoms. The first-order valence-corrected chi connectivity index (χ1v) is 4.27. The molecule has 0 bridgehead atoms. The standard InChI is InChI=1S/C9H15NO2/c10-12-8-3-1-2-5-9-6-4-7-11-9/h4,6-7H,1-3,5,8,10H2. The van der Waals surface area contributed by atoms with E-state index in [1.807, 2.05) is 12.1 Å². The van der Waals surface area contributed by atoms with E-state index in [-0.39, 0.29) is 0 Å². The Balaban J connectivity index is 1.96. The Kier molecular flexibility index (Phi) is 4.49. The van der Waals surface area contributed by atoms with Crippen molar-refractivity contribution in [3.05, 3.63) is 24.2 Å². The predicted molar refractivity (Wildman–Crippen MR) is 46.4 cm³/mol. The van der Waals surface area contributed by atoms with Gasteiger partial charge in [-0.3, -0.25) is 0 Å². The summed E-state index contributed by atoms with van der Waals surface area (Å²) in [5.41, 5.74) is 0. The van der Waals surface area contributed by atoms with Crippen molar-refractivity contribution in [3.63, 3.8) is 0 Å². The molecule has 68 valence electrons. The summed E-state index contributed by atoms with van der Waals surface area (Å²) >= 11 is 0. The van der Waals surface area contributed by atoms with Gasteiger partial charge < -0.3 is 9.25 Å². The second-order valence-electron chi connectivity index (χ2n) is 2.76. The monoisotopic (exact) mass is 169 g/mol. The fourth-order valence-corrected chi connectivity index (χ4v) is 1.12. The van der Waals surface area contributed by atoms with Crippen molar-refractivity contribution in [1.29, 1.82) is 0 Å². The maximum absolute atomic E-state index is 5.18. The van der Waals surface area contributed by atoms with E-state index in [9.17, 15) is 0 Å². The van der Waals surface area contributed by atoms with Crippen LogP contribution in [-0.2, 0) is 11.3 Å². The molecule has 0 radical (unpaired) electrons. The minimum absolute atomic E-state index is 0.651. The summed E-state index contributed by atoms with van der Waals surface area (Å²) in [6.07, 6.45) is 6.02. The molecule has 1 rings (SSSR count). The van der Waals surface area contributed by atoms with Crippen molar-refractivity contribution in [1.82, 2.24) is 0 Å². The van der Waals surface area contributed by atoms with Crippen LogP contribution in [0.2, 0.25) is 0 Å². The molecule has 0 atom stereocenters. The van der Waals surface area contributed by atoms with Gasteiger partial charge in [-0.25, -0.2) is 5.90 Å². The zero-order valence-corrected chi connectivity index (χ0v) is 7.16. The third kappa shape index (κ3) is 3.55. The lowest BCUT2D eigenvalue weighted by molar-refractivity contribution is 0.133. The molecule has 0 aromatic carbocycles. The van der Waals surface area contributed by atoms with Gasteiger partial charge in [-0.1, -0.05) is 6.42 Å². The molecule has 12 heavy (non-hydrogen) atoms. The van der Waals surface area contributed by atoms with Crippen LogP contribution in [-0.4, -0.2) is 6.61 Å². The van der Waals surface area contributed by atoms with Crippen LogP contribution in [0.3, 0.4) is 0 Å². The van der Waals surface area contributed by atoms with E-state index >= 15 is 0 Å². The normalized spacial score (nSPS) is 10.4. The number of hydrogen-bond donors (Lipinski definition) is 1. The summed E-state index contributed by atoms with van der Waals surface area (Å²) in [7, 11) is 0. The Morgan fingerprint density at radius 1 is 1.33 bits per heavy atom. The average molecular weight is 169 g/mol. The third-order valence-corrected chi connectivity index (χ3v) is 1.77. The second kappa shape index (κ2) is 5.80. The summed E-state index contributed by atoms with van der Waals surface area (Å²) in [6.45, 7) is 0.651. The van der Waals surface area contributed by atoms with Crippen LogP contribution in [0.1, 0.15) is 25.0 Å². The largest absolute Gasteiger partial charge is 0.469 e. The molecule has 0 aliphatic carbocycles. The van der Waals surface area contributed by atoms with Crippen LogP contribution in [0.15, 0.2) is 22.8 Å². The van der Waals surface area contributed by atoms with Crippen molar-refractivity contribution in [2.45, 2.75) is 25.7 Å². The molecule has 0 amide bonds. The number of aryl methyl sites for hydroxylation is 1. The van der Waals surface area contributed by atoms with Crippen molar-refractivity contribution in [2.75, 3.05) is 6.61 Å². The Labute approximate surface area is 72.5 Å². The maximum atomic E-state index is 5.18. The zero-order valence-electron chi connectivity index (χ0n) is 7.16. The average Bonchev–Trinajstić information content (AvgIpc) is 2.57. The highest BCUT2D eigenvalue weighted by Crippen LogP contribution is 2.06. The molecule has 1 aromatic heterocycles. The molecule has 0 saturated carbocycles. The van der Waals surface area contributed by atoms with Gasteiger partial charge in [0.1, 0.15) is 5.76 Å². The highest BCUT2D eigenvalue weighted by atomic mass is 16.6. The topological polar surface area (TPSA) is 48.4 Å². The highest BCUT2D eigenvalue weighted by molar-refractivity contribution is 4.97. The first-order chi connectivity index (χ1) is 5.93. The summed E-state index contributed by atoms with van der Waals surface area (Å²) in [4.78, 5) is 4.46. The third-order valence-electron chi connectivity index (χ3n) is 1.77. The zero-order chi connectivity index (χ0) is 8.65. The van der Waals surface area contributed by atoms with E-state index in [0.717, 1.165) is 31.4 Å². The van der Waals surface area contributed by atoms with Crippen molar-refractivity contribution in [2.24, 2.45) is 5.90 Å². The molecule has 0 fully saturated rings. The van der Waals surface area contributed by atoms with Gasteiger partial charge in [-0.15, -0.1) is 0 Å². The Hall–Kier alpha value is -0.800. The Morgan fingerprint density at radius 3 is 2.92 bits per heavy atom. The molecule has 0 aliphatic rings. The first kappa shape index (κ1) is 9.29. The fraction of sp³-hybridized carbons (Fsp3) is 0.556. The van der Waals surface area contributed by atoms with E-state index in [1.54, 1.807) is 6.26 Å². The molecule has 0 spiro atoms. The second-order valence-corrected chi connectivity index (χ2v) is 2.76. The molecule has 2 N–H and O–H groups in total. The lowest BCUT2D eigenvalue weighted by Crippen LogP contribution is -2.00. The number of unbranched alkanes of at least 4 members (excludes halogenated alkanes) is 2. The van der Waals surface area contributed by atoms with Crippen LogP contribution in [0.5, 0.6) is 0 Å². The number of nitrogens with two attached hydrogens (primary N) is 1. The highest BCUT2D eigenvalue weighted by Gasteiger charge is 1.94. The minimum Gasteiger partial charge on any atom is -0.469 e. The summed E-state index contributed by atoms with van der Waals surface area (Å²) < 4.78 is 5.18. The van der Waals surface area contributed by atoms with Gasteiger partial charge in [0.2, 0.25) is 0 Å². The van der Waals surface area contributed by atoms with Gasteiger partial charge in [0.15, 0.2) is 0 Å². The molecule has 1 aromatic rings. The van der Waals surface area contributed by atoms with E-state index in [0.29, 0.717) is 6.61 Å². The summed E-state index contributed by atoms with van der Waals surface area (Å²) in [5.74, 6) is 5.95. The Bertz CT molecular complexity index is 184. The molecule has 3 nitrogen and oxygen atoms in total. The molecular formula is C9H15NO2. The number of hydrogen-bond acceptors (Lipinski definition) is 3. The lowest BCUT2D eigenvalue weighted by Gasteiger charge is -1.97. The van der Waals surface area contributed by atoms with Crippen LogP contribution in [0, 0.1) is 0 Å². The van der Waals surface area contributed by atoms with Crippen molar-refractivity contribution in [3.8, 4) is 0 Å². The molecule has 0 saturated heterocycles. The number of rotatable bonds is 6. The van der Waals surface area contributed by atoms with Crippen LogP contribution >= 0.6 is 0 Å². The maximum Gasteiger partial charge on any atom is 0.103 e. The smallest absolute Gasteiger partial charge is 0.103 e. The van der Waals surface area contributed by atoms with E-state index < -0.39 is 0 Å². The van der Waals surface area contributed by atoms with Crippen LogP contribution in [0.25, 0.3) is 0 Å². The summed E-state index contributed by atoms with van der Waals surface area (Å²) in [6, 6.07) is 3.91. The Morgan fingerprint density at radius 2 is 2.25 bits per heavy atom. The van der Waals surface area contributed by atoms with Gasteiger partial charge in [-0.05, 0) is 25.0 Å². The quantitative estimate of drug-likeness (QED) is 0.522. The molecular weight excluding hydrogens is 154 g/mol. The van der Waals surface area contributed by atoms with Gasteiger partial charge in [-0.2, -0.15) is 0 Å². The predicted octanol–water partition coefficient (Wildman–Crippen LogP) is 1.88. The van der Waals surface area contributed by atoms with Gasteiger partial charge in [0.05, 0.1) is 12.9 Å². The fourth-order valence-electron chi connectivity index (χ4n) is 1.12. The minimum atomic E-state index is 0.651. The molecule has 0 unspecified atom stereocenters. The number of furan rings is 1. The van der Waals surface area contributed by atoms with E-state index in [1.165, 1.54) is 0 Å². The SMILES string of the molecule is NOCCCCCc1ccco1. The van der Waals surface area contributed by atoms with Crippen LogP contribution in [0.4, 0.5) is 0 Å². The van der Waals surface area contributed by atoms with Crippen molar-refractivity contribution < 1.29 is 9.25 Å². The van der Waals surface area contributed by atoms with Gasteiger partial charge in [0, 0.05) is 6.42 Å². The van der Waals surface area contributed by atoms with Gasteiger partial charge >= 0.3 is 0 Å².